The van der Waals surface area contributed by atoms with Gasteiger partial charge in [0, 0.05) is 17.6 Å². The van der Waals surface area contributed by atoms with Crippen LogP contribution in [0.25, 0.3) is 22.2 Å². The van der Waals surface area contributed by atoms with Crippen LogP contribution in [-0.2, 0) is 6.18 Å². The van der Waals surface area contributed by atoms with E-state index in [0.29, 0.717) is 17.3 Å². The standard InChI is InChI=1S/C16H9ClF3NO3/c1-23-10-3-2-8-4-11(15(22)24-13(8)6-10)14-12(17)5-9(7-21-14)16(18,19)20/h2-7H,1H3. The van der Waals surface area contributed by atoms with Crippen molar-refractivity contribution in [3.05, 3.63) is 57.5 Å². The zero-order valence-electron chi connectivity index (χ0n) is 12.1. The molecule has 0 aliphatic heterocycles. The van der Waals surface area contributed by atoms with Gasteiger partial charge in [-0.05, 0) is 24.3 Å². The molecule has 0 unspecified atom stereocenters. The largest absolute Gasteiger partial charge is 0.497 e. The first-order valence-corrected chi connectivity index (χ1v) is 7.02. The number of pyridine rings is 1. The molecule has 2 aromatic heterocycles. The number of rotatable bonds is 2. The van der Waals surface area contributed by atoms with E-state index in [2.05, 4.69) is 4.98 Å². The Morgan fingerprint density at radius 1 is 1.21 bits per heavy atom. The molecule has 0 amide bonds. The van der Waals surface area contributed by atoms with Gasteiger partial charge in [0.2, 0.25) is 0 Å². The van der Waals surface area contributed by atoms with E-state index in [1.165, 1.54) is 19.2 Å². The van der Waals surface area contributed by atoms with Crippen molar-refractivity contribution >= 4 is 22.6 Å². The second kappa shape index (κ2) is 5.83. The van der Waals surface area contributed by atoms with Crippen molar-refractivity contribution in [1.82, 2.24) is 4.98 Å². The molecule has 24 heavy (non-hydrogen) atoms. The molecule has 0 N–H and O–H groups in total. The van der Waals surface area contributed by atoms with Crippen molar-refractivity contribution in [2.24, 2.45) is 0 Å². The topological polar surface area (TPSA) is 52.3 Å². The Kier molecular flexibility index (Phi) is 3.96. The summed E-state index contributed by atoms with van der Waals surface area (Å²) in [5.41, 5.74) is -1.57. The highest BCUT2D eigenvalue weighted by Crippen LogP contribution is 2.34. The highest BCUT2D eigenvalue weighted by molar-refractivity contribution is 6.33. The quantitative estimate of drug-likeness (QED) is 0.633. The second-order valence-corrected chi connectivity index (χ2v) is 5.31. The first kappa shape index (κ1) is 16.3. The van der Waals surface area contributed by atoms with E-state index < -0.39 is 17.4 Å². The zero-order valence-corrected chi connectivity index (χ0v) is 12.9. The summed E-state index contributed by atoms with van der Waals surface area (Å²) < 4.78 is 48.2. The summed E-state index contributed by atoms with van der Waals surface area (Å²) in [6, 6.07) is 7.03. The van der Waals surface area contributed by atoms with Crippen molar-refractivity contribution in [2.45, 2.75) is 6.18 Å². The molecule has 4 nitrogen and oxygen atoms in total. The van der Waals surface area contributed by atoms with Crippen LogP contribution in [-0.4, -0.2) is 12.1 Å². The van der Waals surface area contributed by atoms with Crippen LogP contribution in [0.4, 0.5) is 13.2 Å². The third-order valence-electron chi connectivity index (χ3n) is 3.37. The molecule has 0 saturated carbocycles. The molecule has 0 atom stereocenters. The Bertz CT molecular complexity index is 982. The number of nitrogens with zero attached hydrogens (tertiary/aromatic N) is 1. The van der Waals surface area contributed by atoms with Gasteiger partial charge in [0.25, 0.3) is 0 Å². The molecule has 2 heterocycles. The molecule has 0 spiro atoms. The number of alkyl halides is 3. The highest BCUT2D eigenvalue weighted by Gasteiger charge is 2.32. The average Bonchev–Trinajstić information content (AvgIpc) is 2.53. The normalized spacial score (nSPS) is 11.7. The van der Waals surface area contributed by atoms with E-state index in [1.807, 2.05) is 0 Å². The zero-order chi connectivity index (χ0) is 17.5. The summed E-state index contributed by atoms with van der Waals surface area (Å²) in [7, 11) is 1.47. The van der Waals surface area contributed by atoms with Gasteiger partial charge in [-0.15, -0.1) is 0 Å². The SMILES string of the molecule is COc1ccc2cc(-c3ncc(C(F)(F)F)cc3Cl)c(=O)oc2c1. The number of aromatic nitrogens is 1. The second-order valence-electron chi connectivity index (χ2n) is 4.90. The Morgan fingerprint density at radius 2 is 1.96 bits per heavy atom. The predicted molar refractivity (Wildman–Crippen MR) is 82.3 cm³/mol. The molecule has 8 heteroatoms. The van der Waals surface area contributed by atoms with Gasteiger partial charge in [0.1, 0.15) is 11.3 Å². The first-order chi connectivity index (χ1) is 11.3. The van der Waals surface area contributed by atoms with E-state index in [0.717, 1.165) is 6.07 Å². The molecule has 0 saturated heterocycles. The minimum Gasteiger partial charge on any atom is -0.497 e. The van der Waals surface area contributed by atoms with Gasteiger partial charge in [-0.25, -0.2) is 4.79 Å². The Labute approximate surface area is 138 Å². The highest BCUT2D eigenvalue weighted by atomic mass is 35.5. The monoisotopic (exact) mass is 355 g/mol. The Hall–Kier alpha value is -2.54. The van der Waals surface area contributed by atoms with Crippen molar-refractivity contribution in [2.75, 3.05) is 7.11 Å². The molecule has 0 aliphatic rings. The van der Waals surface area contributed by atoms with E-state index in [-0.39, 0.29) is 21.9 Å². The van der Waals surface area contributed by atoms with Crippen molar-refractivity contribution in [3.8, 4) is 17.0 Å². The lowest BCUT2D eigenvalue weighted by molar-refractivity contribution is -0.137. The van der Waals surface area contributed by atoms with Crippen LogP contribution in [0.2, 0.25) is 5.02 Å². The number of hydrogen-bond acceptors (Lipinski definition) is 4. The third kappa shape index (κ3) is 2.94. The fourth-order valence-electron chi connectivity index (χ4n) is 2.17. The number of benzene rings is 1. The Balaban J connectivity index is 2.16. The molecule has 1 aromatic carbocycles. The molecule has 0 aliphatic carbocycles. The van der Waals surface area contributed by atoms with Gasteiger partial charge in [-0.3, -0.25) is 4.98 Å². The maximum absolute atomic E-state index is 12.7. The molecule has 0 bridgehead atoms. The van der Waals surface area contributed by atoms with Crippen molar-refractivity contribution < 1.29 is 22.3 Å². The summed E-state index contributed by atoms with van der Waals surface area (Å²) in [5, 5.41) is 0.271. The van der Waals surface area contributed by atoms with Gasteiger partial charge in [-0.1, -0.05) is 11.6 Å². The van der Waals surface area contributed by atoms with Crippen LogP contribution < -0.4 is 10.4 Å². The van der Waals surface area contributed by atoms with Gasteiger partial charge < -0.3 is 9.15 Å². The number of fused-ring (bicyclic) bond motifs is 1. The fraction of sp³-hybridized carbons (Fsp3) is 0.125. The van der Waals surface area contributed by atoms with E-state index >= 15 is 0 Å². The average molecular weight is 356 g/mol. The lowest BCUT2D eigenvalue weighted by Crippen LogP contribution is -2.08. The number of hydrogen-bond donors (Lipinski definition) is 0. The smallest absolute Gasteiger partial charge is 0.417 e. The van der Waals surface area contributed by atoms with Crippen LogP contribution in [0.3, 0.4) is 0 Å². The lowest BCUT2D eigenvalue weighted by Gasteiger charge is -2.09. The van der Waals surface area contributed by atoms with Gasteiger partial charge in [0.15, 0.2) is 0 Å². The van der Waals surface area contributed by atoms with E-state index in [9.17, 15) is 18.0 Å². The number of halogens is 4. The summed E-state index contributed by atoms with van der Waals surface area (Å²) in [4.78, 5) is 15.8. The van der Waals surface area contributed by atoms with Crippen LogP contribution in [0.5, 0.6) is 5.75 Å². The van der Waals surface area contributed by atoms with Crippen LogP contribution in [0.1, 0.15) is 5.56 Å². The maximum Gasteiger partial charge on any atom is 0.417 e. The summed E-state index contributed by atoms with van der Waals surface area (Å²) in [6.45, 7) is 0. The summed E-state index contributed by atoms with van der Waals surface area (Å²) in [6.07, 6.45) is -3.95. The molecular weight excluding hydrogens is 347 g/mol. The van der Waals surface area contributed by atoms with Crippen LogP contribution in [0.15, 0.2) is 45.7 Å². The predicted octanol–water partition coefficient (Wildman–Crippen LogP) is 4.54. The molecule has 3 aromatic rings. The molecule has 0 radical (unpaired) electrons. The Morgan fingerprint density at radius 3 is 2.58 bits per heavy atom. The van der Waals surface area contributed by atoms with Crippen molar-refractivity contribution in [1.29, 1.82) is 0 Å². The molecule has 3 rings (SSSR count). The molecule has 0 fully saturated rings. The van der Waals surface area contributed by atoms with Crippen LogP contribution in [0, 0.1) is 0 Å². The maximum atomic E-state index is 12.7. The minimum absolute atomic E-state index is 0.0219. The van der Waals surface area contributed by atoms with E-state index in [4.69, 9.17) is 20.8 Å². The minimum atomic E-state index is -4.57. The van der Waals surface area contributed by atoms with Gasteiger partial charge in [0.05, 0.1) is 29.0 Å². The van der Waals surface area contributed by atoms with Crippen LogP contribution >= 0.6 is 11.6 Å². The number of ether oxygens (including phenoxy) is 1. The van der Waals surface area contributed by atoms with Gasteiger partial charge >= 0.3 is 11.8 Å². The summed E-state index contributed by atoms with van der Waals surface area (Å²) in [5.74, 6) is 0.504. The molecular formula is C16H9ClF3NO3. The fourth-order valence-corrected chi connectivity index (χ4v) is 2.44. The van der Waals surface area contributed by atoms with Gasteiger partial charge in [-0.2, -0.15) is 13.2 Å². The molecule has 124 valence electrons. The first-order valence-electron chi connectivity index (χ1n) is 6.64. The number of methoxy groups -OCH3 is 1. The summed E-state index contributed by atoms with van der Waals surface area (Å²) >= 11 is 5.88. The van der Waals surface area contributed by atoms with E-state index in [1.54, 1.807) is 12.1 Å². The van der Waals surface area contributed by atoms with Crippen molar-refractivity contribution in [3.63, 3.8) is 0 Å². The third-order valence-corrected chi connectivity index (χ3v) is 3.65. The lowest BCUT2D eigenvalue weighted by atomic mass is 10.1.